The summed E-state index contributed by atoms with van der Waals surface area (Å²) in [4.78, 5) is 16.8. The van der Waals surface area contributed by atoms with Gasteiger partial charge in [-0.2, -0.15) is 0 Å². The van der Waals surface area contributed by atoms with Crippen LogP contribution in [0, 0.1) is 13.8 Å². The molecule has 3 aromatic rings. The molecule has 128 valence electrons. The second-order valence-electron chi connectivity index (χ2n) is 5.88. The number of hydrogen-bond donors (Lipinski definition) is 1. The third-order valence-corrected chi connectivity index (χ3v) is 4.13. The SMILES string of the molecule is CCOC(=O)c1cnc2c(C)cc(Cl)cc2c1Nc1cccc(C)c1. The number of carbonyl (C=O) groups is 1. The number of nitrogens with zero attached hydrogens (tertiary/aromatic N) is 1. The third-order valence-electron chi connectivity index (χ3n) is 3.91. The van der Waals surface area contributed by atoms with Crippen molar-refractivity contribution in [2.45, 2.75) is 20.8 Å². The van der Waals surface area contributed by atoms with Crippen molar-refractivity contribution in [3.05, 3.63) is 64.3 Å². The number of rotatable bonds is 4. The third kappa shape index (κ3) is 3.59. The molecule has 0 fully saturated rings. The van der Waals surface area contributed by atoms with Crippen LogP contribution in [0.2, 0.25) is 5.02 Å². The van der Waals surface area contributed by atoms with Gasteiger partial charge in [-0.3, -0.25) is 4.98 Å². The number of anilines is 2. The predicted molar refractivity (Wildman–Crippen MR) is 102 cm³/mol. The molecule has 0 aliphatic rings. The molecule has 0 spiro atoms. The Morgan fingerprint density at radius 1 is 1.24 bits per heavy atom. The van der Waals surface area contributed by atoms with Crippen LogP contribution in [0.15, 0.2) is 42.6 Å². The largest absolute Gasteiger partial charge is 0.462 e. The number of hydrogen-bond acceptors (Lipinski definition) is 4. The van der Waals surface area contributed by atoms with Crippen molar-refractivity contribution in [1.82, 2.24) is 4.98 Å². The number of fused-ring (bicyclic) bond motifs is 1. The van der Waals surface area contributed by atoms with E-state index in [1.54, 1.807) is 13.1 Å². The maximum Gasteiger partial charge on any atom is 0.341 e. The molecule has 25 heavy (non-hydrogen) atoms. The molecule has 4 nitrogen and oxygen atoms in total. The van der Waals surface area contributed by atoms with E-state index in [2.05, 4.69) is 10.3 Å². The van der Waals surface area contributed by atoms with Crippen molar-refractivity contribution in [1.29, 1.82) is 0 Å². The average Bonchev–Trinajstić information content (AvgIpc) is 2.55. The summed E-state index contributed by atoms with van der Waals surface area (Å²) in [6, 6.07) is 11.6. The van der Waals surface area contributed by atoms with Crippen LogP contribution < -0.4 is 5.32 Å². The van der Waals surface area contributed by atoms with Gasteiger partial charge in [0.25, 0.3) is 0 Å². The molecule has 2 aromatic carbocycles. The van der Waals surface area contributed by atoms with E-state index >= 15 is 0 Å². The number of benzene rings is 2. The molecule has 0 aliphatic heterocycles. The maximum absolute atomic E-state index is 12.4. The van der Waals surface area contributed by atoms with Crippen molar-refractivity contribution in [3.8, 4) is 0 Å². The number of esters is 1. The molecule has 0 atom stereocenters. The van der Waals surface area contributed by atoms with Crippen LogP contribution in [-0.4, -0.2) is 17.6 Å². The lowest BCUT2D eigenvalue weighted by Crippen LogP contribution is -2.09. The summed E-state index contributed by atoms with van der Waals surface area (Å²) in [5.74, 6) is -0.412. The van der Waals surface area contributed by atoms with Crippen LogP contribution in [0.5, 0.6) is 0 Å². The van der Waals surface area contributed by atoms with Gasteiger partial charge in [0.1, 0.15) is 5.56 Å². The van der Waals surface area contributed by atoms with Gasteiger partial charge < -0.3 is 10.1 Å². The van der Waals surface area contributed by atoms with Crippen LogP contribution >= 0.6 is 11.6 Å². The molecule has 0 amide bonds. The highest BCUT2D eigenvalue weighted by Gasteiger charge is 2.18. The Morgan fingerprint density at radius 2 is 2.04 bits per heavy atom. The number of carbonyl (C=O) groups excluding carboxylic acids is 1. The zero-order valence-electron chi connectivity index (χ0n) is 14.4. The van der Waals surface area contributed by atoms with Gasteiger partial charge in [-0.15, -0.1) is 0 Å². The van der Waals surface area contributed by atoms with Crippen LogP contribution in [0.25, 0.3) is 10.9 Å². The maximum atomic E-state index is 12.4. The first-order valence-corrected chi connectivity index (χ1v) is 8.47. The van der Waals surface area contributed by atoms with Crippen LogP contribution in [0.1, 0.15) is 28.4 Å². The Morgan fingerprint density at radius 3 is 2.76 bits per heavy atom. The molecular formula is C20H19ClN2O2. The summed E-state index contributed by atoms with van der Waals surface area (Å²) >= 11 is 6.25. The van der Waals surface area contributed by atoms with Crippen molar-refractivity contribution in [2.24, 2.45) is 0 Å². The summed E-state index contributed by atoms with van der Waals surface area (Å²) in [5, 5.41) is 4.74. The minimum absolute atomic E-state index is 0.301. The van der Waals surface area contributed by atoms with Gasteiger partial charge in [-0.1, -0.05) is 23.7 Å². The van der Waals surface area contributed by atoms with Crippen LogP contribution in [0.3, 0.4) is 0 Å². The highest BCUT2D eigenvalue weighted by Crippen LogP contribution is 2.33. The molecule has 0 saturated heterocycles. The summed E-state index contributed by atoms with van der Waals surface area (Å²) < 4.78 is 5.19. The fourth-order valence-electron chi connectivity index (χ4n) is 2.80. The summed E-state index contributed by atoms with van der Waals surface area (Å²) in [5.41, 5.74) is 4.79. The zero-order valence-corrected chi connectivity index (χ0v) is 15.1. The van der Waals surface area contributed by atoms with Crippen LogP contribution in [-0.2, 0) is 4.74 Å². The first-order valence-electron chi connectivity index (χ1n) is 8.09. The number of aryl methyl sites for hydroxylation is 2. The normalized spacial score (nSPS) is 10.7. The first kappa shape index (κ1) is 17.2. The van der Waals surface area contributed by atoms with E-state index in [1.165, 1.54) is 0 Å². The molecule has 1 heterocycles. The van der Waals surface area contributed by atoms with E-state index in [1.807, 2.05) is 50.2 Å². The molecule has 0 unspecified atom stereocenters. The van der Waals surface area contributed by atoms with Gasteiger partial charge in [0.05, 0.1) is 17.8 Å². The van der Waals surface area contributed by atoms with Gasteiger partial charge in [0, 0.05) is 22.3 Å². The fraction of sp³-hybridized carbons (Fsp3) is 0.200. The highest BCUT2D eigenvalue weighted by molar-refractivity contribution is 6.31. The standard InChI is InChI=1S/C20H19ClN2O2/c1-4-25-20(24)17-11-22-18-13(3)9-14(21)10-16(18)19(17)23-15-7-5-6-12(2)8-15/h5-11H,4H2,1-3H3,(H,22,23). The molecule has 0 saturated carbocycles. The molecule has 1 N–H and O–H groups in total. The van der Waals surface area contributed by atoms with E-state index in [4.69, 9.17) is 16.3 Å². The van der Waals surface area contributed by atoms with E-state index in [0.717, 1.165) is 27.7 Å². The van der Waals surface area contributed by atoms with E-state index < -0.39 is 5.97 Å². The zero-order chi connectivity index (χ0) is 18.0. The van der Waals surface area contributed by atoms with Gasteiger partial charge in [-0.05, 0) is 56.2 Å². The van der Waals surface area contributed by atoms with Crippen molar-refractivity contribution < 1.29 is 9.53 Å². The van der Waals surface area contributed by atoms with Crippen molar-refractivity contribution >= 4 is 39.8 Å². The number of aromatic nitrogens is 1. The number of ether oxygens (including phenoxy) is 1. The second-order valence-corrected chi connectivity index (χ2v) is 6.32. The average molecular weight is 355 g/mol. The van der Waals surface area contributed by atoms with Crippen molar-refractivity contribution in [3.63, 3.8) is 0 Å². The Labute approximate surface area is 151 Å². The molecule has 1 aromatic heterocycles. The Bertz CT molecular complexity index is 954. The Kier molecular flexibility index (Phi) is 4.91. The molecule has 0 aliphatic carbocycles. The van der Waals surface area contributed by atoms with E-state index in [-0.39, 0.29) is 0 Å². The van der Waals surface area contributed by atoms with E-state index in [9.17, 15) is 4.79 Å². The molecule has 5 heteroatoms. The number of nitrogens with one attached hydrogen (secondary N) is 1. The number of halogens is 1. The predicted octanol–water partition coefficient (Wildman–Crippen LogP) is 5.43. The van der Waals surface area contributed by atoms with Crippen LogP contribution in [0.4, 0.5) is 11.4 Å². The highest BCUT2D eigenvalue weighted by atomic mass is 35.5. The van der Waals surface area contributed by atoms with E-state index in [0.29, 0.717) is 22.9 Å². The molecule has 3 rings (SSSR count). The Hall–Kier alpha value is -2.59. The van der Waals surface area contributed by atoms with Gasteiger partial charge >= 0.3 is 5.97 Å². The lowest BCUT2D eigenvalue weighted by Gasteiger charge is -2.15. The molecular weight excluding hydrogens is 336 g/mol. The minimum atomic E-state index is -0.412. The Balaban J connectivity index is 2.23. The molecule has 0 bridgehead atoms. The first-order chi connectivity index (χ1) is 12.0. The quantitative estimate of drug-likeness (QED) is 0.635. The van der Waals surface area contributed by atoms with Gasteiger partial charge in [0.15, 0.2) is 0 Å². The lowest BCUT2D eigenvalue weighted by molar-refractivity contribution is 0.0527. The minimum Gasteiger partial charge on any atom is -0.462 e. The summed E-state index contributed by atoms with van der Waals surface area (Å²) in [7, 11) is 0. The fourth-order valence-corrected chi connectivity index (χ4v) is 3.07. The summed E-state index contributed by atoms with van der Waals surface area (Å²) in [6.07, 6.45) is 1.55. The molecule has 0 radical (unpaired) electrons. The smallest absolute Gasteiger partial charge is 0.341 e. The van der Waals surface area contributed by atoms with Crippen molar-refractivity contribution in [2.75, 3.05) is 11.9 Å². The number of pyridine rings is 1. The lowest BCUT2D eigenvalue weighted by atomic mass is 10.1. The summed E-state index contributed by atoms with van der Waals surface area (Å²) in [6.45, 7) is 6.04. The van der Waals surface area contributed by atoms with Gasteiger partial charge in [0.2, 0.25) is 0 Å². The monoisotopic (exact) mass is 354 g/mol. The topological polar surface area (TPSA) is 51.2 Å². The van der Waals surface area contributed by atoms with Gasteiger partial charge in [-0.25, -0.2) is 4.79 Å². The second kappa shape index (κ2) is 7.11.